The maximum absolute atomic E-state index is 13.4. The monoisotopic (exact) mass is 487 g/mol. The number of rotatable bonds is 4. The van der Waals surface area contributed by atoms with Gasteiger partial charge in [0.25, 0.3) is 0 Å². The number of hydrogen-bond acceptors (Lipinski definition) is 6. The van der Waals surface area contributed by atoms with Gasteiger partial charge in [0.2, 0.25) is 5.78 Å². The Kier molecular flexibility index (Phi) is 5.14. The van der Waals surface area contributed by atoms with Crippen LogP contribution in [0, 0.1) is 0 Å². The zero-order valence-electron chi connectivity index (χ0n) is 19.0. The second-order valence-electron chi connectivity index (χ2n) is 8.80. The van der Waals surface area contributed by atoms with Gasteiger partial charge in [0.05, 0.1) is 5.52 Å². The molecule has 0 atom stereocenters. The molecule has 0 bridgehead atoms. The summed E-state index contributed by atoms with van der Waals surface area (Å²) >= 11 is 6.14. The van der Waals surface area contributed by atoms with E-state index >= 15 is 0 Å². The number of aromatic amines is 1. The fourth-order valence-corrected chi connectivity index (χ4v) is 5.16. The van der Waals surface area contributed by atoms with E-state index in [1.165, 1.54) is 6.33 Å². The van der Waals surface area contributed by atoms with Crippen LogP contribution >= 0.6 is 11.6 Å². The largest absolute Gasteiger partial charge is 0.356 e. The van der Waals surface area contributed by atoms with E-state index < -0.39 is 0 Å². The molecule has 35 heavy (non-hydrogen) atoms. The maximum atomic E-state index is 13.4. The molecule has 0 radical (unpaired) electrons. The molecule has 0 unspecified atom stereocenters. The van der Waals surface area contributed by atoms with E-state index in [0.717, 1.165) is 29.3 Å². The van der Waals surface area contributed by atoms with E-state index in [0.29, 0.717) is 40.8 Å². The van der Waals surface area contributed by atoms with Crippen LogP contribution in [0.3, 0.4) is 0 Å². The third-order valence-corrected chi connectivity index (χ3v) is 6.96. The number of nitrogens with zero attached hydrogens (tertiary/aromatic N) is 6. The Morgan fingerprint density at radius 3 is 2.74 bits per heavy atom. The van der Waals surface area contributed by atoms with Crippen molar-refractivity contribution in [1.82, 2.24) is 29.1 Å². The highest BCUT2D eigenvalue weighted by molar-refractivity contribution is 6.31. The molecule has 4 aromatic heterocycles. The number of pyridine rings is 1. The van der Waals surface area contributed by atoms with E-state index in [-0.39, 0.29) is 17.5 Å². The summed E-state index contributed by atoms with van der Waals surface area (Å²) < 4.78 is 3.70. The van der Waals surface area contributed by atoms with Crippen LogP contribution in [0.1, 0.15) is 34.9 Å². The van der Waals surface area contributed by atoms with E-state index in [1.54, 1.807) is 22.9 Å². The second kappa shape index (κ2) is 8.35. The van der Waals surface area contributed by atoms with Gasteiger partial charge >= 0.3 is 5.69 Å². The SMILES string of the molecule is Cn1cc(C(=O)c2cc(N3CCC(n4c(=O)[nH]c5ncccc54)CC3)ncn2)c2ccc(Cl)cc21. The van der Waals surface area contributed by atoms with Crippen LogP contribution < -0.4 is 10.6 Å². The number of H-pyrrole nitrogens is 1. The minimum atomic E-state index is -0.158. The Bertz CT molecular complexity index is 1640. The first kappa shape index (κ1) is 21.5. The minimum Gasteiger partial charge on any atom is -0.356 e. The number of anilines is 1. The van der Waals surface area contributed by atoms with E-state index in [4.69, 9.17) is 11.6 Å². The molecule has 0 saturated carbocycles. The third-order valence-electron chi connectivity index (χ3n) is 6.73. The third kappa shape index (κ3) is 3.68. The number of imidazole rings is 1. The Morgan fingerprint density at radius 1 is 1.09 bits per heavy atom. The molecule has 1 saturated heterocycles. The van der Waals surface area contributed by atoms with E-state index in [2.05, 4.69) is 24.8 Å². The Morgan fingerprint density at radius 2 is 1.91 bits per heavy atom. The van der Waals surface area contributed by atoms with Crippen molar-refractivity contribution in [1.29, 1.82) is 0 Å². The van der Waals surface area contributed by atoms with Crippen LogP contribution in [0.15, 0.2) is 59.9 Å². The average molecular weight is 488 g/mol. The number of benzene rings is 1. The predicted molar refractivity (Wildman–Crippen MR) is 134 cm³/mol. The van der Waals surface area contributed by atoms with Crippen molar-refractivity contribution in [2.45, 2.75) is 18.9 Å². The van der Waals surface area contributed by atoms with Crippen LogP contribution in [0.5, 0.6) is 0 Å². The molecule has 1 aliphatic heterocycles. The normalized spacial score (nSPS) is 14.7. The molecule has 0 spiro atoms. The number of aryl methyl sites for hydroxylation is 1. The van der Waals surface area contributed by atoms with Gasteiger partial charge in [0.15, 0.2) is 5.65 Å². The number of fused-ring (bicyclic) bond motifs is 2. The van der Waals surface area contributed by atoms with Crippen molar-refractivity contribution < 1.29 is 4.79 Å². The smallest absolute Gasteiger partial charge is 0.327 e. The molecule has 0 aliphatic carbocycles. The van der Waals surface area contributed by atoms with Crippen molar-refractivity contribution in [3.63, 3.8) is 0 Å². The molecule has 6 rings (SSSR count). The lowest BCUT2D eigenvalue weighted by atomic mass is 10.0. The van der Waals surface area contributed by atoms with Crippen LogP contribution in [0.25, 0.3) is 22.1 Å². The molecular weight excluding hydrogens is 466 g/mol. The van der Waals surface area contributed by atoms with Gasteiger partial charge in [-0.15, -0.1) is 0 Å². The van der Waals surface area contributed by atoms with Crippen LogP contribution in [0.2, 0.25) is 5.02 Å². The molecule has 0 amide bonds. The standard InChI is InChI=1S/C25H22ClN7O2/c1-31-13-18(17-5-4-15(26)11-21(17)31)23(34)19-12-22(29-14-28-19)32-9-6-16(7-10-32)33-20-3-2-8-27-24(20)30-25(33)35/h2-5,8,11-14,16H,6-7,9-10H2,1H3,(H,27,30,35). The van der Waals surface area contributed by atoms with Gasteiger partial charge in [0.1, 0.15) is 17.8 Å². The van der Waals surface area contributed by atoms with Gasteiger partial charge in [0, 0.05) is 66.1 Å². The predicted octanol–water partition coefficient (Wildman–Crippen LogP) is 3.73. The highest BCUT2D eigenvalue weighted by atomic mass is 35.5. The van der Waals surface area contributed by atoms with Gasteiger partial charge in [-0.05, 0) is 37.1 Å². The highest BCUT2D eigenvalue weighted by Crippen LogP contribution is 2.29. The lowest BCUT2D eigenvalue weighted by Gasteiger charge is -2.33. The number of nitrogens with one attached hydrogen (secondary N) is 1. The van der Waals surface area contributed by atoms with Gasteiger partial charge in [-0.3, -0.25) is 14.3 Å². The van der Waals surface area contributed by atoms with Crippen molar-refractivity contribution in [2.75, 3.05) is 18.0 Å². The van der Waals surface area contributed by atoms with Gasteiger partial charge in [-0.25, -0.2) is 19.7 Å². The van der Waals surface area contributed by atoms with Gasteiger partial charge in [-0.2, -0.15) is 0 Å². The van der Waals surface area contributed by atoms with Crippen molar-refractivity contribution in [3.05, 3.63) is 81.9 Å². The summed E-state index contributed by atoms with van der Waals surface area (Å²) in [7, 11) is 1.89. The van der Waals surface area contributed by atoms with Crippen molar-refractivity contribution >= 4 is 45.3 Å². The number of aromatic nitrogens is 6. The number of halogens is 1. The summed E-state index contributed by atoms with van der Waals surface area (Å²) in [6.07, 6.45) is 6.47. The second-order valence-corrected chi connectivity index (χ2v) is 9.23. The number of carbonyl (C=O) groups is 1. The lowest BCUT2D eigenvalue weighted by molar-refractivity contribution is 0.103. The van der Waals surface area contributed by atoms with Gasteiger partial charge < -0.3 is 9.47 Å². The fraction of sp³-hybridized carbons (Fsp3) is 0.240. The highest BCUT2D eigenvalue weighted by Gasteiger charge is 2.25. The lowest BCUT2D eigenvalue weighted by Crippen LogP contribution is -2.37. The first-order valence-corrected chi connectivity index (χ1v) is 11.8. The van der Waals surface area contributed by atoms with Crippen LogP contribution in [-0.2, 0) is 7.05 Å². The Hall–Kier alpha value is -3.98. The van der Waals surface area contributed by atoms with Crippen LogP contribution in [0.4, 0.5) is 5.82 Å². The zero-order valence-corrected chi connectivity index (χ0v) is 19.7. The van der Waals surface area contributed by atoms with Crippen molar-refractivity contribution in [3.8, 4) is 0 Å². The first-order valence-electron chi connectivity index (χ1n) is 11.4. The summed E-state index contributed by atoms with van der Waals surface area (Å²) in [4.78, 5) is 43.8. The van der Waals surface area contributed by atoms with E-state index in [9.17, 15) is 9.59 Å². The summed E-state index contributed by atoms with van der Waals surface area (Å²) in [5.74, 6) is 0.548. The molecule has 5 heterocycles. The summed E-state index contributed by atoms with van der Waals surface area (Å²) in [5.41, 5.74) is 3.11. The zero-order chi connectivity index (χ0) is 24.1. The Balaban J connectivity index is 1.24. The summed E-state index contributed by atoms with van der Waals surface area (Å²) in [6, 6.07) is 11.1. The Labute approximate surface area is 205 Å². The van der Waals surface area contributed by atoms with Crippen LogP contribution in [-0.4, -0.2) is 47.9 Å². The molecule has 1 aliphatic rings. The molecule has 1 aromatic carbocycles. The number of hydrogen-bond donors (Lipinski definition) is 1. The average Bonchev–Trinajstić information content (AvgIpc) is 3.39. The molecular formula is C25H22ClN7O2. The summed E-state index contributed by atoms with van der Waals surface area (Å²) in [5, 5.41) is 1.46. The molecule has 9 nitrogen and oxygen atoms in total. The molecule has 5 aromatic rings. The first-order chi connectivity index (χ1) is 17.0. The topological polar surface area (TPSA) is 102 Å². The number of carbonyl (C=O) groups excluding carboxylic acids is 1. The number of ketones is 1. The quantitative estimate of drug-likeness (QED) is 0.387. The molecule has 1 N–H and O–H groups in total. The molecule has 10 heteroatoms. The fourth-order valence-electron chi connectivity index (χ4n) is 4.99. The number of piperidine rings is 1. The maximum Gasteiger partial charge on any atom is 0.327 e. The van der Waals surface area contributed by atoms with Gasteiger partial charge in [-0.1, -0.05) is 17.7 Å². The summed E-state index contributed by atoms with van der Waals surface area (Å²) in [6.45, 7) is 1.42. The molecule has 176 valence electrons. The van der Waals surface area contributed by atoms with Crippen molar-refractivity contribution in [2.24, 2.45) is 7.05 Å². The van der Waals surface area contributed by atoms with E-state index in [1.807, 2.05) is 42.1 Å². The minimum absolute atomic E-state index is 0.0714. The molecule has 1 fully saturated rings.